The molecule has 1 amide bonds. The molecule has 0 N–H and O–H groups in total. The van der Waals surface area contributed by atoms with E-state index >= 15 is 0 Å². The van der Waals surface area contributed by atoms with Crippen LogP contribution in [0.5, 0.6) is 0 Å². The van der Waals surface area contributed by atoms with Crippen molar-refractivity contribution < 1.29 is 14.3 Å². The van der Waals surface area contributed by atoms with Gasteiger partial charge in [0.25, 0.3) is 5.91 Å². The molecular weight excluding hydrogens is 318 g/mol. The van der Waals surface area contributed by atoms with Crippen LogP contribution in [0.25, 0.3) is 0 Å². The van der Waals surface area contributed by atoms with E-state index in [1.807, 2.05) is 18.7 Å². The van der Waals surface area contributed by atoms with E-state index in [2.05, 4.69) is 22.8 Å². The van der Waals surface area contributed by atoms with Gasteiger partial charge in [0.1, 0.15) is 6.10 Å². The fourth-order valence-electron chi connectivity index (χ4n) is 3.89. The Hall–Kier alpha value is -1.40. The lowest BCUT2D eigenvalue weighted by Gasteiger charge is -2.35. The SMILES string of the molecule is Cc1cc(C)n([C@@H]2CCCN(C(=O)[C@H](C)OC[C@@H]3CCCCO3)C2)n1. The second kappa shape index (κ2) is 8.32. The van der Waals surface area contributed by atoms with Crippen LogP contribution in [0.1, 0.15) is 56.5 Å². The summed E-state index contributed by atoms with van der Waals surface area (Å²) in [6.45, 7) is 8.80. The standard InChI is InChI=1S/C19H31N3O3/c1-14-11-15(2)22(20-14)17-7-6-9-21(12-17)19(23)16(3)25-13-18-8-4-5-10-24-18/h11,16-18H,4-10,12-13H2,1-3H3/t16-,17+,18-/m0/s1. The van der Waals surface area contributed by atoms with Gasteiger partial charge in [0.05, 0.1) is 24.4 Å². The molecule has 0 radical (unpaired) electrons. The fourth-order valence-corrected chi connectivity index (χ4v) is 3.89. The summed E-state index contributed by atoms with van der Waals surface area (Å²) in [4.78, 5) is 14.7. The fraction of sp³-hybridized carbons (Fsp3) is 0.789. The minimum absolute atomic E-state index is 0.0852. The van der Waals surface area contributed by atoms with Gasteiger partial charge in [0.2, 0.25) is 0 Å². The Balaban J connectivity index is 1.53. The Labute approximate surface area is 150 Å². The molecule has 3 rings (SSSR count). The molecule has 2 fully saturated rings. The third-order valence-electron chi connectivity index (χ3n) is 5.25. The van der Waals surface area contributed by atoms with Crippen LogP contribution in [0.2, 0.25) is 0 Å². The summed E-state index contributed by atoms with van der Waals surface area (Å²) in [5.74, 6) is 0.0852. The average Bonchev–Trinajstić information content (AvgIpc) is 2.98. The van der Waals surface area contributed by atoms with Gasteiger partial charge in [0, 0.05) is 25.4 Å². The first kappa shape index (κ1) is 18.4. The van der Waals surface area contributed by atoms with E-state index in [4.69, 9.17) is 9.47 Å². The molecular formula is C19H31N3O3. The number of rotatable bonds is 5. The Morgan fingerprint density at radius 1 is 1.36 bits per heavy atom. The van der Waals surface area contributed by atoms with Crippen LogP contribution in [0.15, 0.2) is 6.07 Å². The molecule has 0 spiro atoms. The number of aryl methyl sites for hydroxylation is 2. The number of piperidine rings is 1. The largest absolute Gasteiger partial charge is 0.376 e. The van der Waals surface area contributed by atoms with Crippen molar-refractivity contribution in [1.82, 2.24) is 14.7 Å². The molecule has 25 heavy (non-hydrogen) atoms. The molecule has 3 heterocycles. The number of aromatic nitrogens is 2. The monoisotopic (exact) mass is 349 g/mol. The van der Waals surface area contributed by atoms with Gasteiger partial charge in [-0.25, -0.2) is 0 Å². The summed E-state index contributed by atoms with van der Waals surface area (Å²) in [5, 5.41) is 4.60. The van der Waals surface area contributed by atoms with Crippen LogP contribution in [-0.2, 0) is 14.3 Å². The number of likely N-dealkylation sites (tertiary alicyclic amines) is 1. The molecule has 2 aliphatic heterocycles. The third kappa shape index (κ3) is 4.61. The van der Waals surface area contributed by atoms with Gasteiger partial charge in [-0.15, -0.1) is 0 Å². The van der Waals surface area contributed by atoms with Gasteiger partial charge in [-0.3, -0.25) is 9.48 Å². The molecule has 0 aromatic carbocycles. The lowest BCUT2D eigenvalue weighted by atomic mass is 10.0. The predicted molar refractivity (Wildman–Crippen MR) is 95.6 cm³/mol. The molecule has 6 heteroatoms. The van der Waals surface area contributed by atoms with Gasteiger partial charge >= 0.3 is 0 Å². The zero-order valence-corrected chi connectivity index (χ0v) is 15.7. The van der Waals surface area contributed by atoms with E-state index in [1.54, 1.807) is 0 Å². The van der Waals surface area contributed by atoms with E-state index < -0.39 is 6.10 Å². The minimum Gasteiger partial charge on any atom is -0.376 e. The summed E-state index contributed by atoms with van der Waals surface area (Å²) in [7, 11) is 0. The molecule has 0 unspecified atom stereocenters. The number of amides is 1. The first-order chi connectivity index (χ1) is 12.0. The number of nitrogens with zero attached hydrogens (tertiary/aromatic N) is 3. The summed E-state index contributed by atoms with van der Waals surface area (Å²) in [6.07, 6.45) is 5.16. The first-order valence-electron chi connectivity index (χ1n) is 9.59. The van der Waals surface area contributed by atoms with Crippen molar-refractivity contribution in [3.05, 3.63) is 17.5 Å². The molecule has 2 aliphatic rings. The highest BCUT2D eigenvalue weighted by Gasteiger charge is 2.29. The van der Waals surface area contributed by atoms with Gasteiger partial charge in [-0.05, 0) is 58.9 Å². The Kier molecular flexibility index (Phi) is 6.12. The van der Waals surface area contributed by atoms with Crippen molar-refractivity contribution in [1.29, 1.82) is 0 Å². The van der Waals surface area contributed by atoms with Crippen molar-refractivity contribution in [2.45, 2.75) is 71.1 Å². The summed E-state index contributed by atoms with van der Waals surface area (Å²) < 4.78 is 13.6. The molecule has 1 aromatic heterocycles. The second-order valence-electron chi connectivity index (χ2n) is 7.42. The summed E-state index contributed by atoms with van der Waals surface area (Å²) in [5.41, 5.74) is 2.20. The number of hydrogen-bond donors (Lipinski definition) is 0. The van der Waals surface area contributed by atoms with Crippen molar-refractivity contribution in [3.63, 3.8) is 0 Å². The van der Waals surface area contributed by atoms with Crippen LogP contribution in [0.3, 0.4) is 0 Å². The summed E-state index contributed by atoms with van der Waals surface area (Å²) >= 11 is 0. The van der Waals surface area contributed by atoms with E-state index in [1.165, 1.54) is 6.42 Å². The highest BCUT2D eigenvalue weighted by Crippen LogP contribution is 2.24. The zero-order valence-electron chi connectivity index (χ0n) is 15.7. The Bertz CT molecular complexity index is 580. The van der Waals surface area contributed by atoms with Crippen LogP contribution in [0.4, 0.5) is 0 Å². The smallest absolute Gasteiger partial charge is 0.251 e. The van der Waals surface area contributed by atoms with E-state index in [0.29, 0.717) is 13.2 Å². The van der Waals surface area contributed by atoms with Gasteiger partial charge in [0.15, 0.2) is 0 Å². The molecule has 6 nitrogen and oxygen atoms in total. The molecule has 0 saturated carbocycles. The van der Waals surface area contributed by atoms with E-state index in [9.17, 15) is 4.79 Å². The predicted octanol–water partition coefficient (Wildman–Crippen LogP) is 2.64. The van der Waals surface area contributed by atoms with Crippen molar-refractivity contribution in [2.75, 3.05) is 26.3 Å². The number of hydrogen-bond acceptors (Lipinski definition) is 4. The van der Waals surface area contributed by atoms with Crippen LogP contribution in [-0.4, -0.2) is 59.1 Å². The number of carbonyl (C=O) groups excluding carboxylic acids is 1. The van der Waals surface area contributed by atoms with Gasteiger partial charge in [-0.1, -0.05) is 0 Å². The molecule has 3 atom stereocenters. The van der Waals surface area contributed by atoms with Crippen molar-refractivity contribution >= 4 is 5.91 Å². The maximum absolute atomic E-state index is 12.8. The maximum Gasteiger partial charge on any atom is 0.251 e. The number of ether oxygens (including phenoxy) is 2. The van der Waals surface area contributed by atoms with E-state index in [-0.39, 0.29) is 18.1 Å². The Morgan fingerprint density at radius 2 is 2.20 bits per heavy atom. The Morgan fingerprint density at radius 3 is 2.88 bits per heavy atom. The normalized spacial score (nSPS) is 25.8. The molecule has 0 bridgehead atoms. The zero-order chi connectivity index (χ0) is 17.8. The van der Waals surface area contributed by atoms with Crippen molar-refractivity contribution in [2.24, 2.45) is 0 Å². The van der Waals surface area contributed by atoms with Gasteiger partial charge < -0.3 is 14.4 Å². The molecule has 2 saturated heterocycles. The quantitative estimate of drug-likeness (QED) is 0.820. The van der Waals surface area contributed by atoms with Crippen LogP contribution < -0.4 is 0 Å². The summed E-state index contributed by atoms with van der Waals surface area (Å²) in [6, 6.07) is 2.36. The van der Waals surface area contributed by atoms with Crippen molar-refractivity contribution in [3.8, 4) is 0 Å². The lowest BCUT2D eigenvalue weighted by molar-refractivity contribution is -0.147. The van der Waals surface area contributed by atoms with Gasteiger partial charge in [-0.2, -0.15) is 5.10 Å². The van der Waals surface area contributed by atoms with E-state index in [0.717, 1.165) is 50.2 Å². The highest BCUT2D eigenvalue weighted by molar-refractivity contribution is 5.80. The maximum atomic E-state index is 12.8. The van der Waals surface area contributed by atoms with Crippen LogP contribution in [0, 0.1) is 13.8 Å². The topological polar surface area (TPSA) is 56.6 Å². The molecule has 1 aromatic rings. The highest BCUT2D eigenvalue weighted by atomic mass is 16.5. The number of carbonyl (C=O) groups is 1. The van der Waals surface area contributed by atoms with Crippen LogP contribution >= 0.6 is 0 Å². The third-order valence-corrected chi connectivity index (χ3v) is 5.25. The second-order valence-corrected chi connectivity index (χ2v) is 7.42. The minimum atomic E-state index is -0.412. The average molecular weight is 349 g/mol. The molecule has 0 aliphatic carbocycles. The lowest BCUT2D eigenvalue weighted by Crippen LogP contribution is -2.46. The molecule has 140 valence electrons. The first-order valence-corrected chi connectivity index (χ1v) is 9.59.